The van der Waals surface area contributed by atoms with Crippen molar-refractivity contribution in [3.8, 4) is 0 Å². The molecule has 0 radical (unpaired) electrons. The first-order chi connectivity index (χ1) is 8.95. The van der Waals surface area contributed by atoms with E-state index in [0.29, 0.717) is 11.3 Å². The van der Waals surface area contributed by atoms with Crippen LogP contribution in [-0.4, -0.2) is 12.5 Å². The van der Waals surface area contributed by atoms with Gasteiger partial charge in [0.25, 0.3) is 0 Å². The van der Waals surface area contributed by atoms with Gasteiger partial charge in [-0.3, -0.25) is 4.79 Å². The van der Waals surface area contributed by atoms with Gasteiger partial charge in [0.1, 0.15) is 0 Å². The van der Waals surface area contributed by atoms with E-state index in [4.69, 9.17) is 0 Å². The van der Waals surface area contributed by atoms with Gasteiger partial charge in [0.05, 0.1) is 0 Å². The summed E-state index contributed by atoms with van der Waals surface area (Å²) in [5.41, 5.74) is 1.37. The highest BCUT2D eigenvalue weighted by atomic mass is 16.1. The third kappa shape index (κ3) is 5.80. The number of amides is 1. The monoisotopic (exact) mass is 265 g/mol. The lowest BCUT2D eigenvalue weighted by Gasteiger charge is -2.33. The Kier molecular flexibility index (Phi) is 6.60. The number of carbonyl (C=O) groups excluding carboxylic acids is 1. The van der Waals surface area contributed by atoms with Crippen molar-refractivity contribution < 1.29 is 4.79 Å². The molecule has 1 N–H and O–H groups in total. The molecule has 1 aliphatic rings. The number of allylic oxidation sites excluding steroid dienone is 1. The Morgan fingerprint density at radius 2 is 2.05 bits per heavy atom. The summed E-state index contributed by atoms with van der Waals surface area (Å²) in [6.07, 6.45) is 10.2. The number of nitrogens with one attached hydrogen (secondary N) is 1. The van der Waals surface area contributed by atoms with Crippen LogP contribution in [0.15, 0.2) is 11.6 Å². The van der Waals surface area contributed by atoms with Crippen LogP contribution in [0.5, 0.6) is 0 Å². The minimum atomic E-state index is 0.170. The maximum Gasteiger partial charge on any atom is 0.246 e. The van der Waals surface area contributed by atoms with Crippen LogP contribution in [0.2, 0.25) is 0 Å². The molecule has 0 saturated heterocycles. The largest absolute Gasteiger partial charge is 0.352 e. The zero-order valence-electron chi connectivity index (χ0n) is 13.2. The van der Waals surface area contributed by atoms with Gasteiger partial charge in [-0.1, -0.05) is 53.0 Å². The molecule has 1 unspecified atom stereocenters. The van der Waals surface area contributed by atoms with Gasteiger partial charge in [0, 0.05) is 12.1 Å². The second-order valence-electron chi connectivity index (χ2n) is 6.88. The highest BCUT2D eigenvalue weighted by molar-refractivity contribution is 5.93. The fourth-order valence-electron chi connectivity index (χ4n) is 2.69. The molecule has 0 fully saturated rings. The Labute approximate surface area is 119 Å². The van der Waals surface area contributed by atoms with Gasteiger partial charge in [-0.15, -0.1) is 0 Å². The minimum Gasteiger partial charge on any atom is -0.352 e. The molecule has 0 aliphatic heterocycles. The molecule has 0 spiro atoms. The Morgan fingerprint density at radius 1 is 1.32 bits per heavy atom. The normalized spacial score (nSPS) is 20.0. The quantitative estimate of drug-likeness (QED) is 0.706. The summed E-state index contributed by atoms with van der Waals surface area (Å²) in [4.78, 5) is 12.0. The van der Waals surface area contributed by atoms with E-state index in [0.717, 1.165) is 37.8 Å². The van der Waals surface area contributed by atoms with Crippen molar-refractivity contribution in [2.24, 2.45) is 11.3 Å². The van der Waals surface area contributed by atoms with Gasteiger partial charge in [0.2, 0.25) is 5.91 Å². The van der Waals surface area contributed by atoms with Crippen molar-refractivity contribution in [1.82, 2.24) is 5.32 Å². The SMILES string of the molecule is CCCCCCNC(=O)C1=CCC(C(C)(C)C)CC1. The molecule has 1 aliphatic carbocycles. The average Bonchev–Trinajstić information content (AvgIpc) is 2.37. The Bertz CT molecular complexity index is 312. The summed E-state index contributed by atoms with van der Waals surface area (Å²) in [5.74, 6) is 0.887. The number of rotatable bonds is 6. The summed E-state index contributed by atoms with van der Waals surface area (Å²) in [5, 5.41) is 3.06. The third-order valence-corrected chi connectivity index (χ3v) is 4.24. The van der Waals surface area contributed by atoms with E-state index in [9.17, 15) is 4.79 Å². The molecule has 19 heavy (non-hydrogen) atoms. The lowest BCUT2D eigenvalue weighted by Crippen LogP contribution is -2.29. The number of carbonyl (C=O) groups is 1. The molecule has 0 aromatic rings. The topological polar surface area (TPSA) is 29.1 Å². The van der Waals surface area contributed by atoms with E-state index in [1.165, 1.54) is 19.3 Å². The first kappa shape index (κ1) is 16.3. The maximum absolute atomic E-state index is 12.0. The van der Waals surface area contributed by atoms with Crippen LogP contribution in [0.4, 0.5) is 0 Å². The zero-order valence-corrected chi connectivity index (χ0v) is 13.2. The average molecular weight is 265 g/mol. The summed E-state index contributed by atoms with van der Waals surface area (Å²) >= 11 is 0. The highest BCUT2D eigenvalue weighted by Gasteiger charge is 2.27. The van der Waals surface area contributed by atoms with Crippen molar-refractivity contribution in [2.45, 2.75) is 72.6 Å². The van der Waals surface area contributed by atoms with Crippen LogP contribution in [-0.2, 0) is 4.79 Å². The lowest BCUT2D eigenvalue weighted by molar-refractivity contribution is -0.117. The van der Waals surface area contributed by atoms with Crippen LogP contribution >= 0.6 is 0 Å². The fourth-order valence-corrected chi connectivity index (χ4v) is 2.69. The summed E-state index contributed by atoms with van der Waals surface area (Å²) in [6.45, 7) is 9.93. The van der Waals surface area contributed by atoms with Crippen LogP contribution in [0.25, 0.3) is 0 Å². The van der Waals surface area contributed by atoms with E-state index >= 15 is 0 Å². The van der Waals surface area contributed by atoms with Gasteiger partial charge in [-0.2, -0.15) is 0 Å². The number of unbranched alkanes of at least 4 members (excludes halogenated alkanes) is 3. The molecule has 2 heteroatoms. The highest BCUT2D eigenvalue weighted by Crippen LogP contribution is 2.36. The van der Waals surface area contributed by atoms with Crippen molar-refractivity contribution in [3.63, 3.8) is 0 Å². The second-order valence-corrected chi connectivity index (χ2v) is 6.88. The first-order valence-corrected chi connectivity index (χ1v) is 7.92. The van der Waals surface area contributed by atoms with Crippen molar-refractivity contribution >= 4 is 5.91 Å². The predicted octanol–water partition coefficient (Wildman–Crippen LogP) is 4.46. The maximum atomic E-state index is 12.0. The Balaban J connectivity index is 2.29. The zero-order chi connectivity index (χ0) is 14.3. The van der Waals surface area contributed by atoms with Crippen LogP contribution in [0.3, 0.4) is 0 Å². The molecule has 110 valence electrons. The first-order valence-electron chi connectivity index (χ1n) is 7.92. The molecule has 0 saturated carbocycles. The summed E-state index contributed by atoms with van der Waals surface area (Å²) in [7, 11) is 0. The molecule has 0 heterocycles. The molecule has 2 nitrogen and oxygen atoms in total. The number of hydrogen-bond acceptors (Lipinski definition) is 1. The molecular weight excluding hydrogens is 234 g/mol. The summed E-state index contributed by atoms with van der Waals surface area (Å²) in [6, 6.07) is 0. The van der Waals surface area contributed by atoms with Crippen molar-refractivity contribution in [2.75, 3.05) is 6.54 Å². The van der Waals surface area contributed by atoms with Crippen LogP contribution in [0.1, 0.15) is 72.6 Å². The Hall–Kier alpha value is -0.790. The van der Waals surface area contributed by atoms with Crippen molar-refractivity contribution in [3.05, 3.63) is 11.6 Å². The van der Waals surface area contributed by atoms with Gasteiger partial charge in [-0.25, -0.2) is 0 Å². The molecule has 1 rings (SSSR count). The van der Waals surface area contributed by atoms with Gasteiger partial charge >= 0.3 is 0 Å². The second kappa shape index (κ2) is 7.72. The van der Waals surface area contributed by atoms with Gasteiger partial charge < -0.3 is 5.32 Å². The molecule has 0 bridgehead atoms. The van der Waals surface area contributed by atoms with E-state index in [1.54, 1.807) is 0 Å². The minimum absolute atomic E-state index is 0.170. The van der Waals surface area contributed by atoms with Gasteiger partial charge in [-0.05, 0) is 37.0 Å². The van der Waals surface area contributed by atoms with E-state index < -0.39 is 0 Å². The predicted molar refractivity (Wildman–Crippen MR) is 82.0 cm³/mol. The number of hydrogen-bond donors (Lipinski definition) is 1. The third-order valence-electron chi connectivity index (χ3n) is 4.24. The molecular formula is C17H31NO. The fraction of sp³-hybridized carbons (Fsp3) is 0.824. The van der Waals surface area contributed by atoms with E-state index in [-0.39, 0.29) is 5.91 Å². The molecule has 1 amide bonds. The van der Waals surface area contributed by atoms with Crippen molar-refractivity contribution in [1.29, 1.82) is 0 Å². The molecule has 0 aromatic carbocycles. The van der Waals surface area contributed by atoms with E-state index in [1.807, 2.05) is 0 Å². The van der Waals surface area contributed by atoms with Crippen LogP contribution in [0, 0.1) is 11.3 Å². The summed E-state index contributed by atoms with van der Waals surface area (Å²) < 4.78 is 0. The van der Waals surface area contributed by atoms with Crippen LogP contribution < -0.4 is 5.32 Å². The molecule has 1 atom stereocenters. The van der Waals surface area contributed by atoms with E-state index in [2.05, 4.69) is 39.1 Å². The lowest BCUT2D eigenvalue weighted by atomic mass is 9.73. The Morgan fingerprint density at radius 3 is 2.58 bits per heavy atom. The smallest absolute Gasteiger partial charge is 0.246 e. The standard InChI is InChI=1S/C17H31NO/c1-5-6-7-8-13-18-16(19)14-9-11-15(12-10-14)17(2,3)4/h9,15H,5-8,10-13H2,1-4H3,(H,18,19). The van der Waals surface area contributed by atoms with Gasteiger partial charge in [0.15, 0.2) is 0 Å². The molecule has 0 aromatic heterocycles.